The number of nitrogens with one attached hydrogen (secondary N) is 1. The van der Waals surface area contributed by atoms with Crippen LogP contribution in [0, 0.1) is 12.8 Å². The smallest absolute Gasteiger partial charge is 0.229 e. The largest absolute Gasteiger partial charge is 0.445 e. The van der Waals surface area contributed by atoms with E-state index < -0.39 is 0 Å². The molecule has 9 nitrogen and oxygen atoms in total. The highest BCUT2D eigenvalue weighted by molar-refractivity contribution is 5.99. The summed E-state index contributed by atoms with van der Waals surface area (Å²) in [5, 5.41) is 8.75. The number of benzene rings is 1. The average Bonchev–Trinajstić information content (AvgIpc) is 3.22. The number of aryl methyl sites for hydroxylation is 2. The van der Waals surface area contributed by atoms with Gasteiger partial charge in [-0.25, -0.2) is 15.0 Å². The molecule has 5 aromatic rings. The van der Waals surface area contributed by atoms with Crippen LogP contribution in [0.4, 0.5) is 11.6 Å². The number of rotatable bonds is 5. The van der Waals surface area contributed by atoms with E-state index in [1.54, 1.807) is 23.3 Å². The predicted octanol–water partition coefficient (Wildman–Crippen LogP) is 4.32. The number of carbonyl (C=O) groups excluding carboxylic acids is 1. The Morgan fingerprint density at radius 3 is 2.83 bits per heavy atom. The number of aromatic nitrogens is 5. The molecular formula is C26H23N7O2. The van der Waals surface area contributed by atoms with Gasteiger partial charge in [0.05, 0.1) is 18.1 Å². The highest BCUT2D eigenvalue weighted by Gasteiger charge is 2.44. The molecule has 35 heavy (non-hydrogen) atoms. The van der Waals surface area contributed by atoms with Crippen LogP contribution in [0.1, 0.15) is 23.5 Å². The van der Waals surface area contributed by atoms with Gasteiger partial charge in [-0.3, -0.25) is 9.48 Å². The van der Waals surface area contributed by atoms with E-state index in [4.69, 9.17) is 10.2 Å². The van der Waals surface area contributed by atoms with Gasteiger partial charge in [0.2, 0.25) is 11.8 Å². The predicted molar refractivity (Wildman–Crippen MR) is 132 cm³/mol. The van der Waals surface area contributed by atoms with Gasteiger partial charge in [-0.05, 0) is 60.0 Å². The molecule has 1 aliphatic carbocycles. The molecule has 174 valence electrons. The topological polar surface area (TPSA) is 125 Å². The molecule has 0 aliphatic heterocycles. The average molecular weight is 466 g/mol. The number of anilines is 2. The Balaban J connectivity index is 1.26. The second-order valence-electron chi connectivity index (χ2n) is 8.94. The monoisotopic (exact) mass is 465 g/mol. The van der Waals surface area contributed by atoms with Crippen molar-refractivity contribution in [3.63, 3.8) is 0 Å². The first-order chi connectivity index (χ1) is 17.0. The summed E-state index contributed by atoms with van der Waals surface area (Å²) < 4.78 is 7.16. The SMILES string of the molecule is Cc1cc(-c2ncco2)ccc1-c1cc2cc(NC(=O)C3CC3c3cnn(C)c3)ncc2c(N)n1. The Morgan fingerprint density at radius 1 is 1.20 bits per heavy atom. The van der Waals surface area contributed by atoms with E-state index in [-0.39, 0.29) is 17.7 Å². The van der Waals surface area contributed by atoms with Crippen LogP contribution < -0.4 is 11.1 Å². The van der Waals surface area contributed by atoms with E-state index in [1.807, 2.05) is 56.7 Å². The summed E-state index contributed by atoms with van der Waals surface area (Å²) in [6, 6.07) is 9.75. The van der Waals surface area contributed by atoms with Crippen molar-refractivity contribution in [2.45, 2.75) is 19.3 Å². The zero-order valence-electron chi connectivity index (χ0n) is 19.3. The van der Waals surface area contributed by atoms with Crippen LogP contribution in [0.2, 0.25) is 0 Å². The van der Waals surface area contributed by atoms with Crippen LogP contribution >= 0.6 is 0 Å². The lowest BCUT2D eigenvalue weighted by Gasteiger charge is -2.11. The van der Waals surface area contributed by atoms with Gasteiger partial charge in [0.15, 0.2) is 0 Å². The molecule has 0 radical (unpaired) electrons. The van der Waals surface area contributed by atoms with Crippen molar-refractivity contribution >= 4 is 28.3 Å². The summed E-state index contributed by atoms with van der Waals surface area (Å²) in [7, 11) is 1.88. The third-order valence-electron chi connectivity index (χ3n) is 6.46. The van der Waals surface area contributed by atoms with Crippen molar-refractivity contribution in [1.29, 1.82) is 0 Å². The standard InChI is InChI=1S/C26H23N7O2/c1-14-7-15(26-28-5-6-35-26)3-4-18(14)22-8-16-9-23(29-12-21(16)24(27)31-22)32-25(34)20-10-19(20)17-11-30-33(2)13-17/h3-9,11-13,19-20H,10H2,1-2H3,(H2,27,31)(H,29,32,34). The van der Waals surface area contributed by atoms with E-state index in [0.717, 1.165) is 45.1 Å². The minimum atomic E-state index is -0.0698. The van der Waals surface area contributed by atoms with Gasteiger partial charge < -0.3 is 15.5 Å². The molecule has 0 saturated heterocycles. The molecule has 1 fully saturated rings. The van der Waals surface area contributed by atoms with Crippen LogP contribution in [0.25, 0.3) is 33.5 Å². The third-order valence-corrected chi connectivity index (χ3v) is 6.46. The zero-order valence-corrected chi connectivity index (χ0v) is 19.3. The number of carbonyl (C=O) groups is 1. The Kier molecular flexibility index (Phi) is 4.84. The molecule has 4 aromatic heterocycles. The quantitative estimate of drug-likeness (QED) is 0.396. The van der Waals surface area contributed by atoms with Gasteiger partial charge in [0, 0.05) is 41.9 Å². The molecule has 2 unspecified atom stereocenters. The highest BCUT2D eigenvalue weighted by Crippen LogP contribution is 2.47. The maximum Gasteiger partial charge on any atom is 0.229 e. The lowest BCUT2D eigenvalue weighted by Crippen LogP contribution is -2.15. The Morgan fingerprint density at radius 2 is 2.09 bits per heavy atom. The molecule has 3 N–H and O–H groups in total. The van der Waals surface area contributed by atoms with Crippen molar-refractivity contribution < 1.29 is 9.21 Å². The molecule has 1 aliphatic rings. The van der Waals surface area contributed by atoms with E-state index in [0.29, 0.717) is 17.5 Å². The minimum Gasteiger partial charge on any atom is -0.445 e. The van der Waals surface area contributed by atoms with Crippen LogP contribution in [0.3, 0.4) is 0 Å². The molecule has 4 heterocycles. The Bertz CT molecular complexity index is 1570. The Labute approximate surface area is 201 Å². The Hall–Kier alpha value is -4.53. The van der Waals surface area contributed by atoms with Crippen LogP contribution in [-0.2, 0) is 11.8 Å². The molecule has 6 rings (SSSR count). The van der Waals surface area contributed by atoms with Crippen LogP contribution in [0.15, 0.2) is 65.8 Å². The van der Waals surface area contributed by atoms with Crippen molar-refractivity contribution in [3.8, 4) is 22.7 Å². The van der Waals surface area contributed by atoms with Gasteiger partial charge >= 0.3 is 0 Å². The van der Waals surface area contributed by atoms with E-state index in [1.165, 1.54) is 0 Å². The lowest BCUT2D eigenvalue weighted by atomic mass is 10.0. The molecular weight excluding hydrogens is 442 g/mol. The van der Waals surface area contributed by atoms with Crippen molar-refractivity contribution in [1.82, 2.24) is 24.7 Å². The number of amides is 1. The number of nitrogens with two attached hydrogens (primary N) is 1. The van der Waals surface area contributed by atoms with Gasteiger partial charge in [0.1, 0.15) is 17.9 Å². The second kappa shape index (κ2) is 8.05. The van der Waals surface area contributed by atoms with Gasteiger partial charge in [0.25, 0.3) is 0 Å². The highest BCUT2D eigenvalue weighted by atomic mass is 16.3. The molecule has 1 saturated carbocycles. The van der Waals surface area contributed by atoms with Crippen molar-refractivity contribution in [2.24, 2.45) is 13.0 Å². The van der Waals surface area contributed by atoms with Crippen molar-refractivity contribution in [2.75, 3.05) is 11.1 Å². The van der Waals surface area contributed by atoms with Gasteiger partial charge in [-0.15, -0.1) is 0 Å². The molecule has 9 heteroatoms. The fourth-order valence-corrected chi connectivity index (χ4v) is 4.53. The number of hydrogen-bond donors (Lipinski definition) is 2. The summed E-state index contributed by atoms with van der Waals surface area (Å²) in [5.41, 5.74) is 11.0. The number of hydrogen-bond acceptors (Lipinski definition) is 7. The fourth-order valence-electron chi connectivity index (χ4n) is 4.53. The number of pyridine rings is 2. The number of fused-ring (bicyclic) bond motifs is 1. The number of nitrogens with zero attached hydrogens (tertiary/aromatic N) is 5. The summed E-state index contributed by atoms with van der Waals surface area (Å²) in [5.74, 6) is 1.55. The fraction of sp³-hybridized carbons (Fsp3) is 0.192. The first-order valence-corrected chi connectivity index (χ1v) is 11.3. The lowest BCUT2D eigenvalue weighted by molar-refractivity contribution is -0.117. The molecule has 0 spiro atoms. The van der Waals surface area contributed by atoms with E-state index >= 15 is 0 Å². The molecule has 0 bridgehead atoms. The zero-order chi connectivity index (χ0) is 24.1. The van der Waals surface area contributed by atoms with Gasteiger partial charge in [-0.2, -0.15) is 5.10 Å². The van der Waals surface area contributed by atoms with Crippen molar-refractivity contribution in [3.05, 3.63) is 72.5 Å². The maximum atomic E-state index is 12.8. The van der Waals surface area contributed by atoms with E-state index in [2.05, 4.69) is 25.4 Å². The molecule has 2 atom stereocenters. The summed E-state index contributed by atoms with van der Waals surface area (Å²) in [6.45, 7) is 2.01. The first-order valence-electron chi connectivity index (χ1n) is 11.3. The first kappa shape index (κ1) is 21.0. The molecule has 1 amide bonds. The maximum absolute atomic E-state index is 12.8. The van der Waals surface area contributed by atoms with E-state index in [9.17, 15) is 4.79 Å². The normalized spacial score (nSPS) is 17.0. The number of oxazole rings is 1. The van der Waals surface area contributed by atoms with Gasteiger partial charge in [-0.1, -0.05) is 6.07 Å². The third kappa shape index (κ3) is 3.90. The second-order valence-corrected chi connectivity index (χ2v) is 8.94. The van der Waals surface area contributed by atoms with Crippen LogP contribution in [0.5, 0.6) is 0 Å². The molecule has 1 aromatic carbocycles. The van der Waals surface area contributed by atoms with Crippen LogP contribution in [-0.4, -0.2) is 30.6 Å². The number of nitrogen functional groups attached to an aromatic ring is 1. The minimum absolute atomic E-state index is 0.0362. The summed E-state index contributed by atoms with van der Waals surface area (Å²) >= 11 is 0. The summed E-state index contributed by atoms with van der Waals surface area (Å²) in [4.78, 5) is 26.0. The summed E-state index contributed by atoms with van der Waals surface area (Å²) in [6.07, 6.45) is 9.43.